The van der Waals surface area contributed by atoms with Crippen LogP contribution >= 0.6 is 0 Å². The van der Waals surface area contributed by atoms with Gasteiger partial charge in [0.25, 0.3) is 0 Å². The van der Waals surface area contributed by atoms with Crippen LogP contribution in [-0.4, -0.2) is 14.5 Å². The van der Waals surface area contributed by atoms with Gasteiger partial charge in [-0.1, -0.05) is 6.92 Å². The summed E-state index contributed by atoms with van der Waals surface area (Å²) in [5, 5.41) is 0. The first-order valence-corrected chi connectivity index (χ1v) is 5.04. The summed E-state index contributed by atoms with van der Waals surface area (Å²) < 4.78 is 2.10. The zero-order chi connectivity index (χ0) is 10.7. The van der Waals surface area contributed by atoms with Crippen LogP contribution in [0.5, 0.6) is 0 Å². The molecule has 2 rings (SSSR count). The summed E-state index contributed by atoms with van der Waals surface area (Å²) >= 11 is 0. The first-order chi connectivity index (χ1) is 7.33. The van der Waals surface area contributed by atoms with E-state index in [1.165, 1.54) is 0 Å². The normalized spacial score (nSPS) is 10.5. The summed E-state index contributed by atoms with van der Waals surface area (Å²) in [6, 6.07) is 1.89. The van der Waals surface area contributed by atoms with E-state index in [1.807, 2.05) is 12.3 Å². The van der Waals surface area contributed by atoms with Crippen molar-refractivity contribution in [3.05, 3.63) is 30.9 Å². The second kappa shape index (κ2) is 4.13. The van der Waals surface area contributed by atoms with Crippen molar-refractivity contribution in [2.45, 2.75) is 19.9 Å². The Kier molecular flexibility index (Phi) is 2.67. The third-order valence-corrected chi connectivity index (χ3v) is 2.27. The Morgan fingerprint density at radius 2 is 2.27 bits per heavy atom. The molecule has 4 nitrogen and oxygen atoms in total. The topological polar surface area (TPSA) is 56.7 Å². The minimum atomic E-state index is 0.668. The van der Waals surface area contributed by atoms with Gasteiger partial charge in [0.2, 0.25) is 0 Å². The third-order valence-electron chi connectivity index (χ3n) is 2.27. The predicted octanol–water partition coefficient (Wildman–Crippen LogP) is 1.94. The van der Waals surface area contributed by atoms with E-state index in [0.717, 1.165) is 24.4 Å². The van der Waals surface area contributed by atoms with E-state index < -0.39 is 0 Å². The zero-order valence-electron chi connectivity index (χ0n) is 8.72. The summed E-state index contributed by atoms with van der Waals surface area (Å²) in [7, 11) is 0. The van der Waals surface area contributed by atoms with Crippen molar-refractivity contribution in [2.75, 3.05) is 5.73 Å². The second-order valence-electron chi connectivity index (χ2n) is 3.41. The SMILES string of the molecule is CCCn1ccnc1-c1ccncc1N. The van der Waals surface area contributed by atoms with Crippen molar-refractivity contribution < 1.29 is 0 Å². The molecular weight excluding hydrogens is 188 g/mol. The molecule has 0 bridgehead atoms. The molecule has 4 heteroatoms. The van der Waals surface area contributed by atoms with Crippen LogP contribution in [-0.2, 0) is 6.54 Å². The predicted molar refractivity (Wildman–Crippen MR) is 60.2 cm³/mol. The Morgan fingerprint density at radius 1 is 1.40 bits per heavy atom. The summed E-state index contributed by atoms with van der Waals surface area (Å²) in [6.07, 6.45) is 8.23. The van der Waals surface area contributed by atoms with Crippen molar-refractivity contribution in [3.63, 3.8) is 0 Å². The van der Waals surface area contributed by atoms with Crippen LogP contribution in [0.25, 0.3) is 11.4 Å². The lowest BCUT2D eigenvalue weighted by atomic mass is 10.2. The van der Waals surface area contributed by atoms with E-state index in [0.29, 0.717) is 5.69 Å². The van der Waals surface area contributed by atoms with Gasteiger partial charge in [0.05, 0.1) is 11.9 Å². The van der Waals surface area contributed by atoms with Gasteiger partial charge in [-0.25, -0.2) is 4.98 Å². The third kappa shape index (κ3) is 1.83. The quantitative estimate of drug-likeness (QED) is 0.827. The van der Waals surface area contributed by atoms with Crippen LogP contribution in [0, 0.1) is 0 Å². The van der Waals surface area contributed by atoms with E-state index >= 15 is 0 Å². The number of rotatable bonds is 3. The highest BCUT2D eigenvalue weighted by atomic mass is 15.1. The van der Waals surface area contributed by atoms with Crippen molar-refractivity contribution in [1.29, 1.82) is 0 Å². The summed E-state index contributed by atoms with van der Waals surface area (Å²) in [5.41, 5.74) is 7.48. The first-order valence-electron chi connectivity index (χ1n) is 5.04. The van der Waals surface area contributed by atoms with E-state index in [4.69, 9.17) is 5.73 Å². The Bertz CT molecular complexity index is 447. The monoisotopic (exact) mass is 202 g/mol. The Balaban J connectivity index is 2.45. The van der Waals surface area contributed by atoms with Gasteiger partial charge in [0.15, 0.2) is 0 Å². The number of pyridine rings is 1. The first kappa shape index (κ1) is 9.71. The molecule has 0 saturated heterocycles. The maximum atomic E-state index is 5.86. The number of aromatic nitrogens is 3. The Labute approximate surface area is 88.8 Å². The van der Waals surface area contributed by atoms with Crippen molar-refractivity contribution in [2.24, 2.45) is 0 Å². The van der Waals surface area contributed by atoms with Gasteiger partial charge >= 0.3 is 0 Å². The largest absolute Gasteiger partial charge is 0.397 e. The minimum Gasteiger partial charge on any atom is -0.397 e. The molecule has 15 heavy (non-hydrogen) atoms. The maximum absolute atomic E-state index is 5.86. The second-order valence-corrected chi connectivity index (χ2v) is 3.41. The van der Waals surface area contributed by atoms with Crippen LogP contribution in [0.2, 0.25) is 0 Å². The molecule has 2 aromatic heterocycles. The lowest BCUT2D eigenvalue weighted by Crippen LogP contribution is -2.00. The molecule has 0 aliphatic rings. The molecule has 78 valence electrons. The van der Waals surface area contributed by atoms with Crippen LogP contribution in [0.15, 0.2) is 30.9 Å². The van der Waals surface area contributed by atoms with Gasteiger partial charge in [0, 0.05) is 30.7 Å². The van der Waals surface area contributed by atoms with Gasteiger partial charge < -0.3 is 10.3 Å². The fraction of sp³-hybridized carbons (Fsp3) is 0.273. The number of hydrogen-bond acceptors (Lipinski definition) is 3. The van der Waals surface area contributed by atoms with Crippen molar-refractivity contribution >= 4 is 5.69 Å². The molecule has 2 aromatic rings. The van der Waals surface area contributed by atoms with Crippen LogP contribution in [0.1, 0.15) is 13.3 Å². The van der Waals surface area contributed by atoms with Crippen LogP contribution < -0.4 is 5.73 Å². The van der Waals surface area contributed by atoms with Crippen LogP contribution in [0.3, 0.4) is 0 Å². The molecule has 0 aromatic carbocycles. The van der Waals surface area contributed by atoms with E-state index in [1.54, 1.807) is 18.6 Å². The highest BCUT2D eigenvalue weighted by Crippen LogP contribution is 2.22. The highest BCUT2D eigenvalue weighted by molar-refractivity contribution is 5.70. The smallest absolute Gasteiger partial charge is 0.142 e. The fourth-order valence-corrected chi connectivity index (χ4v) is 1.59. The number of aryl methyl sites for hydroxylation is 1. The van der Waals surface area contributed by atoms with Gasteiger partial charge in [0.1, 0.15) is 5.82 Å². The molecule has 0 fully saturated rings. The average Bonchev–Trinajstić information content (AvgIpc) is 2.67. The van der Waals surface area contributed by atoms with E-state index in [2.05, 4.69) is 21.5 Å². The van der Waals surface area contributed by atoms with E-state index in [-0.39, 0.29) is 0 Å². The van der Waals surface area contributed by atoms with Crippen molar-refractivity contribution in [1.82, 2.24) is 14.5 Å². The van der Waals surface area contributed by atoms with Crippen LogP contribution in [0.4, 0.5) is 5.69 Å². The van der Waals surface area contributed by atoms with Gasteiger partial charge in [-0.3, -0.25) is 4.98 Å². The van der Waals surface area contributed by atoms with Gasteiger partial charge in [-0.15, -0.1) is 0 Å². The Morgan fingerprint density at radius 3 is 3.00 bits per heavy atom. The molecule has 0 saturated carbocycles. The molecule has 0 amide bonds. The number of nitrogen functional groups attached to an aromatic ring is 1. The van der Waals surface area contributed by atoms with Gasteiger partial charge in [-0.05, 0) is 12.5 Å². The molecule has 0 unspecified atom stereocenters. The number of hydrogen-bond donors (Lipinski definition) is 1. The molecular formula is C11H14N4. The number of anilines is 1. The fourth-order valence-electron chi connectivity index (χ4n) is 1.59. The standard InChI is InChI=1S/C11H14N4/c1-2-6-15-7-5-14-11(15)9-3-4-13-8-10(9)12/h3-5,7-8H,2,6,12H2,1H3. The molecule has 2 N–H and O–H groups in total. The Hall–Kier alpha value is -1.84. The zero-order valence-corrected chi connectivity index (χ0v) is 8.72. The number of nitrogens with two attached hydrogens (primary N) is 1. The molecule has 0 spiro atoms. The van der Waals surface area contributed by atoms with E-state index in [9.17, 15) is 0 Å². The summed E-state index contributed by atoms with van der Waals surface area (Å²) in [4.78, 5) is 8.29. The molecule has 0 aliphatic carbocycles. The average molecular weight is 202 g/mol. The molecule has 0 radical (unpaired) electrons. The van der Waals surface area contributed by atoms with Gasteiger partial charge in [-0.2, -0.15) is 0 Å². The lowest BCUT2D eigenvalue weighted by molar-refractivity contribution is 0.685. The number of imidazole rings is 1. The lowest BCUT2D eigenvalue weighted by Gasteiger charge is -2.07. The minimum absolute atomic E-state index is 0.668. The number of nitrogens with zero attached hydrogens (tertiary/aromatic N) is 3. The summed E-state index contributed by atoms with van der Waals surface area (Å²) in [6.45, 7) is 3.09. The molecule has 0 atom stereocenters. The molecule has 2 heterocycles. The highest BCUT2D eigenvalue weighted by Gasteiger charge is 2.07. The molecule has 0 aliphatic heterocycles. The van der Waals surface area contributed by atoms with Crippen molar-refractivity contribution in [3.8, 4) is 11.4 Å². The summed E-state index contributed by atoms with van der Waals surface area (Å²) in [5.74, 6) is 0.914. The maximum Gasteiger partial charge on any atom is 0.142 e.